The van der Waals surface area contributed by atoms with Crippen molar-refractivity contribution in [2.24, 2.45) is 5.92 Å². The summed E-state index contributed by atoms with van der Waals surface area (Å²) in [6, 6.07) is 0. The van der Waals surface area contributed by atoms with Gasteiger partial charge >= 0.3 is 0 Å². The van der Waals surface area contributed by atoms with E-state index in [0.29, 0.717) is 0 Å². The van der Waals surface area contributed by atoms with Crippen LogP contribution in [0.2, 0.25) is 0 Å². The van der Waals surface area contributed by atoms with Crippen molar-refractivity contribution in [1.82, 2.24) is 15.3 Å². The van der Waals surface area contributed by atoms with Gasteiger partial charge in [0.25, 0.3) is 0 Å². The van der Waals surface area contributed by atoms with Crippen LogP contribution in [0.5, 0.6) is 0 Å². The summed E-state index contributed by atoms with van der Waals surface area (Å²) in [6.07, 6.45) is 4.76. The molecule has 3 rings (SSSR count). The predicted octanol–water partition coefficient (Wildman–Crippen LogP) is 1.62. The van der Waals surface area contributed by atoms with Gasteiger partial charge in [-0.05, 0) is 25.0 Å². The number of nitrogens with zero attached hydrogens (tertiary/aromatic N) is 2. The fourth-order valence-electron chi connectivity index (χ4n) is 1.95. The Morgan fingerprint density at radius 3 is 3.00 bits per heavy atom. The van der Waals surface area contributed by atoms with Crippen LogP contribution in [0.15, 0.2) is 5.16 Å². The number of fused-ring (bicyclic) bond motifs is 1. The highest BCUT2D eigenvalue weighted by Crippen LogP contribution is 2.30. The van der Waals surface area contributed by atoms with Crippen molar-refractivity contribution in [3.63, 3.8) is 0 Å². The lowest BCUT2D eigenvalue weighted by Crippen LogP contribution is -2.09. The van der Waals surface area contributed by atoms with E-state index in [4.69, 9.17) is 0 Å². The van der Waals surface area contributed by atoms with Crippen molar-refractivity contribution in [2.75, 3.05) is 18.1 Å². The minimum absolute atomic E-state index is 0.873. The zero-order chi connectivity index (χ0) is 11.0. The zero-order valence-electron chi connectivity index (χ0n) is 9.42. The van der Waals surface area contributed by atoms with Crippen LogP contribution in [0.1, 0.15) is 24.1 Å². The van der Waals surface area contributed by atoms with Gasteiger partial charge in [-0.2, -0.15) is 0 Å². The van der Waals surface area contributed by atoms with Crippen molar-refractivity contribution in [1.29, 1.82) is 0 Å². The van der Waals surface area contributed by atoms with Crippen LogP contribution < -0.4 is 10.6 Å². The lowest BCUT2D eigenvalue weighted by molar-refractivity contribution is 0.754. The molecule has 1 aromatic heterocycles. The van der Waals surface area contributed by atoms with Crippen molar-refractivity contribution in [3.05, 3.63) is 11.3 Å². The topological polar surface area (TPSA) is 49.8 Å². The van der Waals surface area contributed by atoms with Gasteiger partial charge in [0.1, 0.15) is 5.82 Å². The van der Waals surface area contributed by atoms with Gasteiger partial charge in [0, 0.05) is 25.2 Å². The summed E-state index contributed by atoms with van der Waals surface area (Å²) in [5.74, 6) is 1.92. The molecule has 0 bridgehead atoms. The molecule has 1 aliphatic carbocycles. The first-order valence-electron chi connectivity index (χ1n) is 5.75. The maximum atomic E-state index is 4.56. The Morgan fingerprint density at radius 1 is 1.38 bits per heavy atom. The van der Waals surface area contributed by atoms with Gasteiger partial charge in [0.15, 0.2) is 5.16 Å². The molecule has 1 aliphatic heterocycles. The van der Waals surface area contributed by atoms with Crippen molar-refractivity contribution < 1.29 is 0 Å². The second-order valence-electron chi connectivity index (χ2n) is 4.41. The molecule has 0 unspecified atom stereocenters. The van der Waals surface area contributed by atoms with E-state index in [1.807, 2.05) is 6.26 Å². The molecule has 0 amide bonds. The highest BCUT2D eigenvalue weighted by molar-refractivity contribution is 7.98. The zero-order valence-corrected chi connectivity index (χ0v) is 10.2. The fourth-order valence-corrected chi connectivity index (χ4v) is 2.33. The monoisotopic (exact) mass is 236 g/mol. The smallest absolute Gasteiger partial charge is 0.189 e. The molecule has 0 aromatic carbocycles. The highest BCUT2D eigenvalue weighted by Gasteiger charge is 2.23. The Balaban J connectivity index is 1.85. The molecule has 16 heavy (non-hydrogen) atoms. The van der Waals surface area contributed by atoms with E-state index in [9.17, 15) is 0 Å². The quantitative estimate of drug-likeness (QED) is 0.614. The molecule has 4 nitrogen and oxygen atoms in total. The molecule has 0 spiro atoms. The van der Waals surface area contributed by atoms with Gasteiger partial charge in [0.2, 0.25) is 0 Å². The maximum absolute atomic E-state index is 4.56. The molecule has 0 radical (unpaired) electrons. The first kappa shape index (κ1) is 10.4. The third-order valence-corrected chi connectivity index (χ3v) is 3.65. The van der Waals surface area contributed by atoms with E-state index in [2.05, 4.69) is 20.6 Å². The molecule has 2 heterocycles. The van der Waals surface area contributed by atoms with Crippen LogP contribution in [0.3, 0.4) is 0 Å². The van der Waals surface area contributed by atoms with Gasteiger partial charge in [-0.1, -0.05) is 11.8 Å². The number of nitrogens with one attached hydrogen (secondary N) is 2. The number of thioether (sulfide) groups is 1. The summed E-state index contributed by atoms with van der Waals surface area (Å²) >= 11 is 1.61. The molecular weight excluding hydrogens is 220 g/mol. The molecule has 0 saturated heterocycles. The summed E-state index contributed by atoms with van der Waals surface area (Å²) in [7, 11) is 0. The largest absolute Gasteiger partial charge is 0.369 e. The van der Waals surface area contributed by atoms with E-state index in [1.54, 1.807) is 11.8 Å². The number of aromatic nitrogens is 2. The Bertz CT molecular complexity index is 403. The van der Waals surface area contributed by atoms with Crippen molar-refractivity contribution in [3.8, 4) is 0 Å². The van der Waals surface area contributed by atoms with Crippen LogP contribution >= 0.6 is 11.8 Å². The summed E-state index contributed by atoms with van der Waals surface area (Å²) in [6.45, 7) is 2.85. The molecular formula is C11H16N4S. The standard InChI is InChI=1S/C11H16N4S/c1-16-11-14-9-6-12-5-8(9)10(15-11)13-4-7-2-3-7/h7,12H,2-6H2,1H3,(H,13,14,15). The number of rotatable bonds is 4. The van der Waals surface area contributed by atoms with Crippen LogP contribution in [-0.4, -0.2) is 22.8 Å². The third kappa shape index (κ3) is 2.01. The molecule has 2 N–H and O–H groups in total. The fraction of sp³-hybridized carbons (Fsp3) is 0.636. The summed E-state index contributed by atoms with van der Waals surface area (Å²) in [5.41, 5.74) is 2.43. The maximum Gasteiger partial charge on any atom is 0.189 e. The Morgan fingerprint density at radius 2 is 2.25 bits per heavy atom. The number of hydrogen-bond acceptors (Lipinski definition) is 5. The highest BCUT2D eigenvalue weighted by atomic mass is 32.2. The first-order chi connectivity index (χ1) is 7.86. The van der Waals surface area contributed by atoms with E-state index < -0.39 is 0 Å². The van der Waals surface area contributed by atoms with Gasteiger partial charge < -0.3 is 10.6 Å². The lowest BCUT2D eigenvalue weighted by atomic mass is 10.2. The van der Waals surface area contributed by atoms with E-state index in [1.165, 1.54) is 18.4 Å². The molecule has 0 atom stereocenters. The molecule has 1 saturated carbocycles. The molecule has 86 valence electrons. The second-order valence-corrected chi connectivity index (χ2v) is 5.19. The van der Waals surface area contributed by atoms with Gasteiger partial charge in [0.05, 0.1) is 5.69 Å². The van der Waals surface area contributed by atoms with E-state index in [0.717, 1.165) is 42.2 Å². The number of hydrogen-bond donors (Lipinski definition) is 2. The van der Waals surface area contributed by atoms with E-state index in [-0.39, 0.29) is 0 Å². The van der Waals surface area contributed by atoms with Crippen LogP contribution in [0.4, 0.5) is 5.82 Å². The molecule has 1 fully saturated rings. The average molecular weight is 236 g/mol. The Labute approximate surface area is 99.6 Å². The average Bonchev–Trinajstić information content (AvgIpc) is 3.02. The molecule has 2 aliphatic rings. The predicted molar refractivity (Wildman–Crippen MR) is 65.6 cm³/mol. The minimum Gasteiger partial charge on any atom is -0.369 e. The van der Waals surface area contributed by atoms with Gasteiger partial charge in [-0.3, -0.25) is 0 Å². The Kier molecular flexibility index (Phi) is 2.73. The van der Waals surface area contributed by atoms with Crippen LogP contribution in [-0.2, 0) is 13.1 Å². The Hall–Kier alpha value is -0.810. The lowest BCUT2D eigenvalue weighted by Gasteiger charge is -2.10. The summed E-state index contributed by atoms with van der Waals surface area (Å²) in [4.78, 5) is 9.09. The first-order valence-corrected chi connectivity index (χ1v) is 6.97. The van der Waals surface area contributed by atoms with Gasteiger partial charge in [-0.25, -0.2) is 9.97 Å². The minimum atomic E-state index is 0.873. The van der Waals surface area contributed by atoms with Crippen molar-refractivity contribution in [2.45, 2.75) is 31.1 Å². The molecule has 5 heteroatoms. The second kappa shape index (κ2) is 4.22. The van der Waals surface area contributed by atoms with Crippen LogP contribution in [0.25, 0.3) is 0 Å². The van der Waals surface area contributed by atoms with Gasteiger partial charge in [-0.15, -0.1) is 0 Å². The summed E-state index contributed by atoms with van der Waals surface area (Å²) in [5, 5.41) is 7.68. The third-order valence-electron chi connectivity index (χ3n) is 3.10. The van der Waals surface area contributed by atoms with Crippen LogP contribution in [0, 0.1) is 5.92 Å². The van der Waals surface area contributed by atoms with Crippen molar-refractivity contribution >= 4 is 17.6 Å². The van der Waals surface area contributed by atoms with E-state index >= 15 is 0 Å². The normalized spacial score (nSPS) is 18.6. The number of anilines is 1. The SMILES string of the molecule is CSc1nc2c(c(NCC3CC3)n1)CNC2. The molecule has 1 aromatic rings. The summed E-state index contributed by atoms with van der Waals surface area (Å²) < 4.78 is 0.